The predicted octanol–water partition coefficient (Wildman–Crippen LogP) is 3.91. The zero-order valence-electron chi connectivity index (χ0n) is 11.7. The van der Waals surface area contributed by atoms with Crippen molar-refractivity contribution in [3.63, 3.8) is 0 Å². The summed E-state index contributed by atoms with van der Waals surface area (Å²) in [6.07, 6.45) is 3.52. The second-order valence-corrected chi connectivity index (χ2v) is 6.92. The second kappa shape index (κ2) is 6.47. The van der Waals surface area contributed by atoms with Crippen molar-refractivity contribution in [3.8, 4) is 0 Å². The molecule has 2 aromatic rings. The molecule has 0 saturated heterocycles. The molecule has 0 spiro atoms. The summed E-state index contributed by atoms with van der Waals surface area (Å²) in [4.78, 5) is 1.47. The van der Waals surface area contributed by atoms with Crippen LogP contribution in [0.25, 0.3) is 0 Å². The Balaban J connectivity index is 1.60. The molecule has 3 rings (SSSR count). The van der Waals surface area contributed by atoms with Gasteiger partial charge in [0.15, 0.2) is 0 Å². The molecule has 104 valence electrons. The first kappa shape index (κ1) is 13.7. The Kier molecular flexibility index (Phi) is 4.44. The molecule has 2 unspecified atom stereocenters. The van der Waals surface area contributed by atoms with Crippen molar-refractivity contribution >= 4 is 11.8 Å². The average molecular weight is 283 g/mol. The summed E-state index contributed by atoms with van der Waals surface area (Å²) >= 11 is 2.03. The summed E-state index contributed by atoms with van der Waals surface area (Å²) in [5.74, 6) is 0.587. The van der Waals surface area contributed by atoms with Crippen LogP contribution in [0.4, 0.5) is 0 Å². The van der Waals surface area contributed by atoms with Crippen molar-refractivity contribution in [2.24, 2.45) is 11.7 Å². The zero-order valence-corrected chi connectivity index (χ0v) is 12.5. The quantitative estimate of drug-likeness (QED) is 0.900. The molecule has 0 bridgehead atoms. The maximum atomic E-state index is 5.99. The molecule has 1 nitrogen and oxygen atoms in total. The van der Waals surface area contributed by atoms with E-state index in [1.165, 1.54) is 28.9 Å². The number of benzene rings is 2. The van der Waals surface area contributed by atoms with Crippen LogP contribution in [0, 0.1) is 5.92 Å². The Morgan fingerprint density at radius 1 is 1.05 bits per heavy atom. The molecule has 2 heteroatoms. The van der Waals surface area contributed by atoms with E-state index in [4.69, 9.17) is 5.73 Å². The van der Waals surface area contributed by atoms with Gasteiger partial charge in [0.1, 0.15) is 0 Å². The van der Waals surface area contributed by atoms with Crippen LogP contribution in [-0.2, 0) is 12.8 Å². The molecule has 0 aromatic heterocycles. The van der Waals surface area contributed by atoms with Gasteiger partial charge in [-0.2, -0.15) is 0 Å². The fourth-order valence-electron chi connectivity index (χ4n) is 2.97. The van der Waals surface area contributed by atoms with Crippen LogP contribution in [-0.4, -0.2) is 11.8 Å². The van der Waals surface area contributed by atoms with E-state index in [-0.39, 0.29) is 0 Å². The number of thioether (sulfide) groups is 1. The third-order valence-electron chi connectivity index (χ3n) is 4.01. The lowest BCUT2D eigenvalue weighted by atomic mass is 9.93. The van der Waals surface area contributed by atoms with Crippen molar-refractivity contribution in [1.82, 2.24) is 0 Å². The van der Waals surface area contributed by atoms with Crippen molar-refractivity contribution in [1.29, 1.82) is 0 Å². The minimum absolute atomic E-state index is 0.587. The normalized spacial score (nSPS) is 18.8. The molecule has 20 heavy (non-hydrogen) atoms. The molecule has 0 saturated carbocycles. The van der Waals surface area contributed by atoms with Crippen LogP contribution < -0.4 is 5.73 Å². The first-order chi connectivity index (χ1) is 9.85. The highest BCUT2D eigenvalue weighted by molar-refractivity contribution is 8.00. The lowest BCUT2D eigenvalue weighted by Gasteiger charge is -2.18. The van der Waals surface area contributed by atoms with Gasteiger partial charge in [-0.25, -0.2) is 0 Å². The Labute approximate surface area is 125 Å². The standard InChI is InChI=1S/C18H21NS/c19-13-15(10-14-6-2-1-3-7-14)11-17-12-16-8-4-5-9-18(16)20-17/h1-9,15,17H,10-13,19H2. The number of hydrogen-bond acceptors (Lipinski definition) is 2. The van der Waals surface area contributed by atoms with Crippen LogP contribution in [0.5, 0.6) is 0 Å². The summed E-state index contributed by atoms with van der Waals surface area (Å²) in [7, 11) is 0. The number of hydrogen-bond donors (Lipinski definition) is 1. The van der Waals surface area contributed by atoms with Gasteiger partial charge in [-0.05, 0) is 48.9 Å². The smallest absolute Gasteiger partial charge is 0.0138 e. The maximum Gasteiger partial charge on any atom is 0.0138 e. The van der Waals surface area contributed by atoms with Crippen molar-refractivity contribution in [2.45, 2.75) is 29.4 Å². The van der Waals surface area contributed by atoms with Crippen LogP contribution in [0.3, 0.4) is 0 Å². The third kappa shape index (κ3) is 3.25. The van der Waals surface area contributed by atoms with E-state index in [2.05, 4.69) is 54.6 Å². The Bertz CT molecular complexity index is 527. The highest BCUT2D eigenvalue weighted by Crippen LogP contribution is 2.39. The summed E-state index contributed by atoms with van der Waals surface area (Å²) in [6.45, 7) is 0.780. The number of fused-ring (bicyclic) bond motifs is 1. The highest BCUT2D eigenvalue weighted by Gasteiger charge is 2.24. The summed E-state index contributed by atoms with van der Waals surface area (Å²) in [6, 6.07) is 19.5. The highest BCUT2D eigenvalue weighted by atomic mass is 32.2. The van der Waals surface area contributed by atoms with E-state index in [1.54, 1.807) is 0 Å². The Hall–Kier alpha value is -1.25. The molecule has 0 fully saturated rings. The number of rotatable bonds is 5. The molecular weight excluding hydrogens is 262 g/mol. The minimum Gasteiger partial charge on any atom is -0.330 e. The van der Waals surface area contributed by atoms with Crippen LogP contribution in [0.2, 0.25) is 0 Å². The van der Waals surface area contributed by atoms with Crippen LogP contribution in [0.15, 0.2) is 59.5 Å². The summed E-state index contributed by atoms with van der Waals surface area (Å²) in [5.41, 5.74) is 8.91. The van der Waals surface area contributed by atoms with Gasteiger partial charge >= 0.3 is 0 Å². The predicted molar refractivity (Wildman–Crippen MR) is 87.1 cm³/mol. The van der Waals surface area contributed by atoms with Crippen LogP contribution >= 0.6 is 11.8 Å². The second-order valence-electron chi connectivity index (χ2n) is 5.58. The topological polar surface area (TPSA) is 26.0 Å². The molecule has 1 heterocycles. The largest absolute Gasteiger partial charge is 0.330 e. The molecule has 2 N–H and O–H groups in total. The zero-order chi connectivity index (χ0) is 13.8. The molecule has 0 radical (unpaired) electrons. The SMILES string of the molecule is NCC(Cc1ccccc1)CC1Cc2ccccc2S1. The van der Waals surface area contributed by atoms with Gasteiger partial charge in [-0.3, -0.25) is 0 Å². The van der Waals surface area contributed by atoms with Crippen molar-refractivity contribution < 1.29 is 0 Å². The molecule has 1 aliphatic heterocycles. The fourth-order valence-corrected chi connectivity index (χ4v) is 4.42. The first-order valence-electron chi connectivity index (χ1n) is 7.33. The molecule has 2 aromatic carbocycles. The third-order valence-corrected chi connectivity index (χ3v) is 5.36. The van der Waals surface area contributed by atoms with Gasteiger partial charge in [0.05, 0.1) is 0 Å². The van der Waals surface area contributed by atoms with Crippen LogP contribution in [0.1, 0.15) is 17.5 Å². The maximum absolute atomic E-state index is 5.99. The van der Waals surface area contributed by atoms with E-state index in [0.717, 1.165) is 13.0 Å². The monoisotopic (exact) mass is 283 g/mol. The van der Waals surface area contributed by atoms with Gasteiger partial charge in [0, 0.05) is 10.1 Å². The summed E-state index contributed by atoms with van der Waals surface area (Å²) in [5, 5.41) is 0.699. The molecule has 2 atom stereocenters. The van der Waals surface area contributed by atoms with E-state index >= 15 is 0 Å². The lowest BCUT2D eigenvalue weighted by Crippen LogP contribution is -2.21. The molecule has 0 amide bonds. The van der Waals surface area contributed by atoms with Gasteiger partial charge < -0.3 is 5.73 Å². The van der Waals surface area contributed by atoms with Gasteiger partial charge in [0.2, 0.25) is 0 Å². The van der Waals surface area contributed by atoms with Gasteiger partial charge in [-0.15, -0.1) is 11.8 Å². The average Bonchev–Trinajstić information content (AvgIpc) is 2.90. The summed E-state index contributed by atoms with van der Waals surface area (Å²) < 4.78 is 0. The van der Waals surface area contributed by atoms with E-state index < -0.39 is 0 Å². The van der Waals surface area contributed by atoms with Gasteiger partial charge in [0.25, 0.3) is 0 Å². The number of nitrogens with two attached hydrogens (primary N) is 1. The van der Waals surface area contributed by atoms with Crippen molar-refractivity contribution in [3.05, 3.63) is 65.7 Å². The Morgan fingerprint density at radius 3 is 2.55 bits per heavy atom. The minimum atomic E-state index is 0.587. The van der Waals surface area contributed by atoms with E-state index in [1.807, 2.05) is 11.8 Å². The lowest BCUT2D eigenvalue weighted by molar-refractivity contribution is 0.485. The van der Waals surface area contributed by atoms with Crippen molar-refractivity contribution in [2.75, 3.05) is 6.54 Å². The Morgan fingerprint density at radius 2 is 1.80 bits per heavy atom. The van der Waals surface area contributed by atoms with Gasteiger partial charge in [-0.1, -0.05) is 48.5 Å². The molecule has 0 aliphatic carbocycles. The van der Waals surface area contributed by atoms with E-state index in [0.29, 0.717) is 11.2 Å². The fraction of sp³-hybridized carbons (Fsp3) is 0.333. The molecule has 1 aliphatic rings. The first-order valence-corrected chi connectivity index (χ1v) is 8.21. The molecular formula is C18H21NS. The van der Waals surface area contributed by atoms with E-state index in [9.17, 15) is 0 Å².